The quantitative estimate of drug-likeness (QED) is 0.889. The highest BCUT2D eigenvalue weighted by Gasteiger charge is 2.28. The molecule has 88 valence electrons. The van der Waals surface area contributed by atoms with Crippen molar-refractivity contribution in [3.05, 3.63) is 35.1 Å². The van der Waals surface area contributed by atoms with Gasteiger partial charge in [0.05, 0.1) is 5.56 Å². The van der Waals surface area contributed by atoms with Crippen molar-refractivity contribution in [2.24, 2.45) is 5.73 Å². The van der Waals surface area contributed by atoms with E-state index in [1.165, 1.54) is 17.4 Å². The number of nitrogens with two attached hydrogens (primary N) is 1. The second-order valence-corrected chi connectivity index (χ2v) is 4.81. The highest BCUT2D eigenvalue weighted by atomic mass is 32.1. The van der Waals surface area contributed by atoms with Gasteiger partial charge in [0.1, 0.15) is 22.7 Å². The molecule has 2 N–H and O–H groups in total. The molecule has 0 amide bonds. The largest absolute Gasteiger partial charge is 0.488 e. The summed E-state index contributed by atoms with van der Waals surface area (Å²) in [4.78, 5) is 4.23. The molecular weight excluding hydrogens is 239 g/mol. The molecule has 1 aromatic heterocycles. The Bertz CT molecular complexity index is 542. The molecule has 1 atom stereocenters. The molecule has 1 aromatic carbocycles. The van der Waals surface area contributed by atoms with Crippen LogP contribution >= 0.6 is 11.3 Å². The topological polar surface area (TPSA) is 48.1 Å². The van der Waals surface area contributed by atoms with E-state index >= 15 is 0 Å². The van der Waals surface area contributed by atoms with E-state index in [1.807, 2.05) is 5.38 Å². The predicted octanol–water partition coefficient (Wildman–Crippen LogP) is 2.21. The van der Waals surface area contributed by atoms with Crippen LogP contribution in [0.25, 0.3) is 10.6 Å². The van der Waals surface area contributed by atoms with Gasteiger partial charge in [-0.3, -0.25) is 0 Å². The number of nitrogens with zero attached hydrogens (tertiary/aromatic N) is 1. The van der Waals surface area contributed by atoms with Gasteiger partial charge in [0, 0.05) is 30.1 Å². The van der Waals surface area contributed by atoms with E-state index in [2.05, 4.69) is 4.98 Å². The van der Waals surface area contributed by atoms with Gasteiger partial charge < -0.3 is 10.5 Å². The Balaban J connectivity index is 2.12. The number of thiazole rings is 1. The number of rotatable bonds is 2. The van der Waals surface area contributed by atoms with Crippen molar-refractivity contribution in [2.75, 3.05) is 6.54 Å². The third kappa shape index (κ3) is 1.71. The van der Waals surface area contributed by atoms with Gasteiger partial charge in [0.15, 0.2) is 0 Å². The van der Waals surface area contributed by atoms with E-state index in [9.17, 15) is 4.39 Å². The molecule has 1 aliphatic rings. The van der Waals surface area contributed by atoms with E-state index < -0.39 is 0 Å². The lowest BCUT2D eigenvalue weighted by atomic mass is 10.1. The third-order valence-electron chi connectivity index (χ3n) is 2.85. The molecule has 3 rings (SSSR count). The minimum atomic E-state index is -0.226. The number of hydrogen-bond donors (Lipinski definition) is 1. The van der Waals surface area contributed by atoms with Crippen LogP contribution in [0.15, 0.2) is 23.7 Å². The maximum Gasteiger partial charge on any atom is 0.136 e. The molecular formula is C12H11FN2OS. The number of ether oxygens (including phenoxy) is 1. The highest BCUT2D eigenvalue weighted by Crippen LogP contribution is 2.40. The zero-order valence-corrected chi connectivity index (χ0v) is 9.84. The zero-order valence-electron chi connectivity index (χ0n) is 9.02. The van der Waals surface area contributed by atoms with Crippen LogP contribution in [0.2, 0.25) is 0 Å². The average Bonchev–Trinajstić information content (AvgIpc) is 2.98. The summed E-state index contributed by atoms with van der Waals surface area (Å²) in [5.74, 6) is 0.381. The normalized spacial score (nSPS) is 17.9. The fourth-order valence-corrected chi connectivity index (χ4v) is 2.68. The van der Waals surface area contributed by atoms with Gasteiger partial charge in [-0.1, -0.05) is 0 Å². The smallest absolute Gasteiger partial charge is 0.136 e. The molecule has 0 saturated heterocycles. The maximum absolute atomic E-state index is 13.7. The third-order valence-corrected chi connectivity index (χ3v) is 3.65. The summed E-state index contributed by atoms with van der Waals surface area (Å²) in [5, 5.41) is 2.74. The van der Waals surface area contributed by atoms with Crippen LogP contribution < -0.4 is 10.5 Å². The van der Waals surface area contributed by atoms with Gasteiger partial charge in [-0.2, -0.15) is 0 Å². The van der Waals surface area contributed by atoms with Gasteiger partial charge in [-0.15, -0.1) is 11.3 Å². The Labute approximate surface area is 102 Å². The second-order valence-electron chi connectivity index (χ2n) is 3.92. The Hall–Kier alpha value is -1.46. The lowest BCUT2D eigenvalue weighted by Gasteiger charge is -2.09. The molecule has 1 unspecified atom stereocenters. The van der Waals surface area contributed by atoms with E-state index in [-0.39, 0.29) is 11.9 Å². The van der Waals surface area contributed by atoms with Crippen LogP contribution in [0, 0.1) is 5.82 Å². The molecule has 5 heteroatoms. The summed E-state index contributed by atoms with van der Waals surface area (Å²) in [7, 11) is 0. The standard InChI is InChI=1S/C12H11FN2OS/c13-10-2-1-8(12-15-3-4-17-12)11-9(10)5-7(6-14)16-11/h1-4,7H,5-6,14H2. The van der Waals surface area contributed by atoms with Crippen molar-refractivity contribution in [1.82, 2.24) is 4.98 Å². The summed E-state index contributed by atoms with van der Waals surface area (Å²) in [6.45, 7) is 0.394. The molecule has 0 aliphatic carbocycles. The van der Waals surface area contributed by atoms with Crippen LogP contribution in [0.3, 0.4) is 0 Å². The molecule has 0 saturated carbocycles. The predicted molar refractivity (Wildman–Crippen MR) is 64.7 cm³/mol. The summed E-state index contributed by atoms with van der Waals surface area (Å²) in [6.07, 6.45) is 2.14. The molecule has 0 radical (unpaired) electrons. The Kier molecular flexibility index (Phi) is 2.57. The summed E-state index contributed by atoms with van der Waals surface area (Å²) >= 11 is 1.51. The first-order valence-corrected chi connectivity index (χ1v) is 6.25. The highest BCUT2D eigenvalue weighted by molar-refractivity contribution is 7.13. The number of benzene rings is 1. The lowest BCUT2D eigenvalue weighted by Crippen LogP contribution is -2.24. The van der Waals surface area contributed by atoms with E-state index in [4.69, 9.17) is 10.5 Å². The van der Waals surface area contributed by atoms with Crippen molar-refractivity contribution in [3.63, 3.8) is 0 Å². The first-order chi connectivity index (χ1) is 8.29. The lowest BCUT2D eigenvalue weighted by molar-refractivity contribution is 0.242. The van der Waals surface area contributed by atoms with Gasteiger partial charge in [-0.05, 0) is 12.1 Å². The van der Waals surface area contributed by atoms with Crippen LogP contribution in [-0.2, 0) is 6.42 Å². The first-order valence-electron chi connectivity index (χ1n) is 5.37. The minimum Gasteiger partial charge on any atom is -0.488 e. The zero-order chi connectivity index (χ0) is 11.8. The molecule has 0 bridgehead atoms. The molecule has 1 aliphatic heterocycles. The molecule has 17 heavy (non-hydrogen) atoms. The van der Waals surface area contributed by atoms with Crippen molar-refractivity contribution in [1.29, 1.82) is 0 Å². The molecule has 2 heterocycles. The van der Waals surface area contributed by atoms with Gasteiger partial charge in [0.2, 0.25) is 0 Å². The van der Waals surface area contributed by atoms with E-state index in [0.29, 0.717) is 24.3 Å². The monoisotopic (exact) mass is 250 g/mol. The van der Waals surface area contributed by atoms with E-state index in [0.717, 1.165) is 10.6 Å². The summed E-state index contributed by atoms with van der Waals surface area (Å²) in [6, 6.07) is 3.18. The molecule has 2 aromatic rings. The Morgan fingerprint density at radius 1 is 1.53 bits per heavy atom. The van der Waals surface area contributed by atoms with Crippen LogP contribution in [0.5, 0.6) is 5.75 Å². The molecule has 0 spiro atoms. The number of fused-ring (bicyclic) bond motifs is 1. The second kappa shape index (κ2) is 4.09. The Morgan fingerprint density at radius 3 is 3.12 bits per heavy atom. The van der Waals surface area contributed by atoms with Gasteiger partial charge in [0.25, 0.3) is 0 Å². The Morgan fingerprint density at radius 2 is 2.41 bits per heavy atom. The van der Waals surface area contributed by atoms with Crippen molar-refractivity contribution in [2.45, 2.75) is 12.5 Å². The summed E-state index contributed by atoms with van der Waals surface area (Å²) in [5.41, 5.74) is 7.04. The van der Waals surface area contributed by atoms with Crippen LogP contribution in [0.1, 0.15) is 5.56 Å². The van der Waals surface area contributed by atoms with Gasteiger partial charge in [-0.25, -0.2) is 9.37 Å². The first kappa shape index (κ1) is 10.7. The van der Waals surface area contributed by atoms with E-state index in [1.54, 1.807) is 12.3 Å². The van der Waals surface area contributed by atoms with Crippen LogP contribution in [0.4, 0.5) is 4.39 Å². The number of hydrogen-bond acceptors (Lipinski definition) is 4. The average molecular weight is 250 g/mol. The van der Waals surface area contributed by atoms with Crippen molar-refractivity contribution >= 4 is 11.3 Å². The maximum atomic E-state index is 13.7. The fraction of sp³-hybridized carbons (Fsp3) is 0.250. The minimum absolute atomic E-state index is 0.124. The number of halogens is 1. The van der Waals surface area contributed by atoms with Crippen molar-refractivity contribution in [3.8, 4) is 16.3 Å². The van der Waals surface area contributed by atoms with Gasteiger partial charge >= 0.3 is 0 Å². The SMILES string of the molecule is NCC1Cc2c(F)ccc(-c3nccs3)c2O1. The molecule has 3 nitrogen and oxygen atoms in total. The van der Waals surface area contributed by atoms with Crippen LogP contribution in [-0.4, -0.2) is 17.6 Å². The van der Waals surface area contributed by atoms with Crippen molar-refractivity contribution < 1.29 is 9.13 Å². The number of aromatic nitrogens is 1. The fourth-order valence-electron chi connectivity index (χ4n) is 2.02. The summed E-state index contributed by atoms with van der Waals surface area (Å²) < 4.78 is 19.4. The molecule has 0 fully saturated rings.